The van der Waals surface area contributed by atoms with Gasteiger partial charge in [-0.2, -0.15) is 0 Å². The lowest BCUT2D eigenvalue weighted by molar-refractivity contribution is -0.144. The summed E-state index contributed by atoms with van der Waals surface area (Å²) in [6, 6.07) is 4.79. The molecule has 0 radical (unpaired) electrons. The third-order valence-electron chi connectivity index (χ3n) is 5.18. The van der Waals surface area contributed by atoms with Crippen LogP contribution in [-0.4, -0.2) is 46.0 Å². The van der Waals surface area contributed by atoms with Gasteiger partial charge in [0, 0.05) is 18.9 Å². The van der Waals surface area contributed by atoms with E-state index in [9.17, 15) is 19.5 Å². The number of benzene rings is 1. The predicted molar refractivity (Wildman–Crippen MR) is 106 cm³/mol. The van der Waals surface area contributed by atoms with E-state index < -0.39 is 24.0 Å². The van der Waals surface area contributed by atoms with Crippen LogP contribution >= 0.6 is 0 Å². The molecule has 0 bridgehead atoms. The van der Waals surface area contributed by atoms with Gasteiger partial charge in [-0.05, 0) is 24.3 Å². The Morgan fingerprint density at radius 3 is 2.28 bits per heavy atom. The van der Waals surface area contributed by atoms with E-state index in [-0.39, 0.29) is 24.1 Å². The minimum atomic E-state index is -1.06. The minimum Gasteiger partial charge on any atom is -0.480 e. The molecule has 1 aromatic carbocycles. The lowest BCUT2D eigenvalue weighted by Crippen LogP contribution is -2.54. The van der Waals surface area contributed by atoms with Crippen molar-refractivity contribution in [2.24, 2.45) is 16.8 Å². The Hall–Kier alpha value is -3.10. The molecular formula is C20H28N4O5. The summed E-state index contributed by atoms with van der Waals surface area (Å²) in [7, 11) is 0. The summed E-state index contributed by atoms with van der Waals surface area (Å²) in [4.78, 5) is 36.1. The molecule has 1 aliphatic rings. The quantitative estimate of drug-likeness (QED) is 0.188. The highest BCUT2D eigenvalue weighted by Crippen LogP contribution is 2.26. The summed E-state index contributed by atoms with van der Waals surface area (Å²) < 4.78 is 0. The number of nitrogens with one attached hydrogen (secondary N) is 2. The molecule has 0 heterocycles. The van der Waals surface area contributed by atoms with Gasteiger partial charge in [-0.3, -0.25) is 9.59 Å². The first-order valence-electron chi connectivity index (χ1n) is 9.69. The van der Waals surface area contributed by atoms with Gasteiger partial charge in [0.15, 0.2) is 5.84 Å². The summed E-state index contributed by atoms with van der Waals surface area (Å²) in [6.45, 7) is 1.30. The number of amidine groups is 1. The lowest BCUT2D eigenvalue weighted by atomic mass is 9.83. The van der Waals surface area contributed by atoms with Crippen LogP contribution in [0.25, 0.3) is 0 Å². The molecule has 1 fully saturated rings. The Morgan fingerprint density at radius 1 is 1.14 bits per heavy atom. The zero-order chi connectivity index (χ0) is 21.4. The molecule has 6 N–H and O–H groups in total. The van der Waals surface area contributed by atoms with Gasteiger partial charge in [0.05, 0.1) is 0 Å². The largest absolute Gasteiger partial charge is 0.480 e. The van der Waals surface area contributed by atoms with E-state index in [1.54, 1.807) is 24.3 Å². The predicted octanol–water partition coefficient (Wildman–Crippen LogP) is 0.978. The molecule has 1 unspecified atom stereocenters. The number of amides is 2. The van der Waals surface area contributed by atoms with E-state index in [1.807, 2.05) is 0 Å². The Labute approximate surface area is 169 Å². The zero-order valence-corrected chi connectivity index (χ0v) is 16.4. The van der Waals surface area contributed by atoms with Gasteiger partial charge in [-0.1, -0.05) is 48.7 Å². The van der Waals surface area contributed by atoms with Gasteiger partial charge < -0.3 is 26.7 Å². The number of carbonyl (C=O) groups is 3. The molecule has 158 valence electrons. The maximum atomic E-state index is 12.8. The van der Waals surface area contributed by atoms with Crippen molar-refractivity contribution in [2.45, 2.75) is 57.5 Å². The third-order valence-corrected chi connectivity index (χ3v) is 5.18. The van der Waals surface area contributed by atoms with E-state index in [0.717, 1.165) is 37.7 Å². The van der Waals surface area contributed by atoms with E-state index in [2.05, 4.69) is 15.8 Å². The first kappa shape index (κ1) is 22.2. The fourth-order valence-electron chi connectivity index (χ4n) is 3.66. The summed E-state index contributed by atoms with van der Waals surface area (Å²) in [5, 5.41) is 26.5. The van der Waals surface area contributed by atoms with Crippen molar-refractivity contribution in [3.05, 3.63) is 35.4 Å². The number of carboxylic acid groups (broad SMARTS) is 1. The maximum Gasteiger partial charge on any atom is 0.326 e. The highest BCUT2D eigenvalue weighted by Gasteiger charge is 2.33. The maximum absolute atomic E-state index is 12.8. The summed E-state index contributed by atoms with van der Waals surface area (Å²) in [5.41, 5.74) is 6.79. The van der Waals surface area contributed by atoms with Crippen molar-refractivity contribution in [1.29, 1.82) is 0 Å². The van der Waals surface area contributed by atoms with Gasteiger partial charge in [0.25, 0.3) is 0 Å². The Bertz CT molecular complexity index is 757. The smallest absolute Gasteiger partial charge is 0.326 e. The summed E-state index contributed by atoms with van der Waals surface area (Å²) >= 11 is 0. The molecule has 2 rings (SSSR count). The second-order valence-electron chi connectivity index (χ2n) is 7.36. The molecule has 1 aliphatic carbocycles. The second-order valence-corrected chi connectivity index (χ2v) is 7.36. The monoisotopic (exact) mass is 404 g/mol. The molecule has 0 aliphatic heterocycles. The van der Waals surface area contributed by atoms with Crippen LogP contribution in [0.15, 0.2) is 29.4 Å². The molecule has 9 heteroatoms. The number of oxime groups is 1. The minimum absolute atomic E-state index is 0.0375. The topological polar surface area (TPSA) is 154 Å². The number of hydrogen-bond donors (Lipinski definition) is 5. The average Bonchev–Trinajstić information content (AvgIpc) is 2.71. The van der Waals surface area contributed by atoms with Crippen LogP contribution in [0.5, 0.6) is 0 Å². The van der Waals surface area contributed by atoms with Gasteiger partial charge in [-0.15, -0.1) is 0 Å². The summed E-state index contributed by atoms with van der Waals surface area (Å²) in [6.07, 6.45) is 4.68. The van der Waals surface area contributed by atoms with Crippen molar-refractivity contribution in [2.75, 3.05) is 0 Å². The number of carbonyl (C=O) groups excluding carboxylic acids is 2. The van der Waals surface area contributed by atoms with Crippen molar-refractivity contribution in [3.63, 3.8) is 0 Å². The van der Waals surface area contributed by atoms with E-state index >= 15 is 0 Å². The van der Waals surface area contributed by atoms with Crippen LogP contribution < -0.4 is 16.4 Å². The van der Waals surface area contributed by atoms with Gasteiger partial charge in [0.2, 0.25) is 11.8 Å². The standard InChI is InChI=1S/C20H28N4O5/c1-12(25)22-16(11-13-7-9-15(10-8-13)18(21)24-29)19(26)23-17(20(27)28)14-5-3-2-4-6-14/h7-10,14,16-17,29H,2-6,11H2,1H3,(H2,21,24)(H,22,25)(H,23,26)(H,27,28)/t16-,17?/m0/s1. The number of carboxylic acids is 1. The number of rotatable bonds is 8. The Balaban J connectivity index is 2.12. The Kier molecular flexibility index (Phi) is 7.99. The van der Waals surface area contributed by atoms with Crippen LogP contribution in [0.2, 0.25) is 0 Å². The molecule has 29 heavy (non-hydrogen) atoms. The lowest BCUT2D eigenvalue weighted by Gasteiger charge is -2.29. The highest BCUT2D eigenvalue weighted by atomic mass is 16.4. The Morgan fingerprint density at radius 2 is 1.76 bits per heavy atom. The zero-order valence-electron chi connectivity index (χ0n) is 16.4. The molecule has 0 aromatic heterocycles. The van der Waals surface area contributed by atoms with Crippen LogP contribution in [0, 0.1) is 5.92 Å². The molecular weight excluding hydrogens is 376 g/mol. The fraction of sp³-hybridized carbons (Fsp3) is 0.500. The van der Waals surface area contributed by atoms with E-state index in [1.165, 1.54) is 6.92 Å². The van der Waals surface area contributed by atoms with Crippen LogP contribution in [0.3, 0.4) is 0 Å². The van der Waals surface area contributed by atoms with E-state index in [0.29, 0.717) is 5.56 Å². The first-order valence-corrected chi connectivity index (χ1v) is 9.69. The molecule has 1 saturated carbocycles. The SMILES string of the molecule is CC(=O)N[C@@H](Cc1ccc(/C(N)=N/O)cc1)C(=O)NC(C(=O)O)C1CCCCC1. The molecule has 0 spiro atoms. The number of hydrogen-bond acceptors (Lipinski definition) is 5. The summed E-state index contributed by atoms with van der Waals surface area (Å²) in [5.74, 6) is -2.12. The number of aliphatic carboxylic acids is 1. The molecule has 0 saturated heterocycles. The van der Waals surface area contributed by atoms with Crippen molar-refractivity contribution in [3.8, 4) is 0 Å². The average molecular weight is 404 g/mol. The third kappa shape index (κ3) is 6.48. The fourth-order valence-corrected chi connectivity index (χ4v) is 3.66. The van der Waals surface area contributed by atoms with Crippen molar-refractivity contribution < 1.29 is 24.7 Å². The van der Waals surface area contributed by atoms with Crippen molar-refractivity contribution in [1.82, 2.24) is 10.6 Å². The normalized spacial score (nSPS) is 17.2. The van der Waals surface area contributed by atoms with Gasteiger partial charge >= 0.3 is 5.97 Å². The van der Waals surface area contributed by atoms with Crippen molar-refractivity contribution >= 4 is 23.6 Å². The second kappa shape index (κ2) is 10.4. The van der Waals surface area contributed by atoms with Crippen LogP contribution in [0.4, 0.5) is 0 Å². The number of nitrogens with two attached hydrogens (primary N) is 1. The first-order chi connectivity index (χ1) is 13.8. The van der Waals surface area contributed by atoms with E-state index in [4.69, 9.17) is 10.9 Å². The van der Waals surface area contributed by atoms with Gasteiger partial charge in [-0.25, -0.2) is 4.79 Å². The van der Waals surface area contributed by atoms with Gasteiger partial charge in [0.1, 0.15) is 12.1 Å². The molecule has 2 amide bonds. The molecule has 9 nitrogen and oxygen atoms in total. The highest BCUT2D eigenvalue weighted by molar-refractivity contribution is 5.97. The number of nitrogens with zero attached hydrogens (tertiary/aromatic N) is 1. The molecule has 2 atom stereocenters. The van der Waals surface area contributed by atoms with Crippen LogP contribution in [-0.2, 0) is 20.8 Å². The molecule has 1 aromatic rings. The van der Waals surface area contributed by atoms with Crippen LogP contribution in [0.1, 0.15) is 50.2 Å².